The first-order valence-corrected chi connectivity index (χ1v) is 8.25. The van der Waals surface area contributed by atoms with E-state index in [1.807, 2.05) is 11.8 Å². The zero-order valence-corrected chi connectivity index (χ0v) is 12.2. The Labute approximate surface area is 98.6 Å². The molecule has 0 aliphatic heterocycles. The summed E-state index contributed by atoms with van der Waals surface area (Å²) >= 11 is 3.23. The van der Waals surface area contributed by atoms with Crippen molar-refractivity contribution in [3.63, 3.8) is 0 Å². The Hall–Kier alpha value is 0.369. The van der Waals surface area contributed by atoms with Gasteiger partial charge in [-0.15, -0.1) is 0 Å². The van der Waals surface area contributed by atoms with E-state index in [1.165, 1.54) is 56.7 Å². The molecule has 0 aliphatic carbocycles. The van der Waals surface area contributed by atoms with Crippen molar-refractivity contribution in [3.8, 4) is 0 Å². The first-order chi connectivity index (χ1) is 6.36. The van der Waals surface area contributed by atoms with Gasteiger partial charge in [0.05, 0.1) is 0 Å². The summed E-state index contributed by atoms with van der Waals surface area (Å²) in [5.74, 6) is 0. The zero-order chi connectivity index (χ0) is 9.52. The molecule has 0 aliphatic rings. The van der Waals surface area contributed by atoms with E-state index in [4.69, 9.17) is 0 Å². The number of hydrogen-bond acceptors (Lipinski definition) is 1. The average molecular weight is 299 g/mol. The molecule has 0 fully saturated rings. The van der Waals surface area contributed by atoms with Gasteiger partial charge in [0.1, 0.15) is 0 Å². The molecule has 13 heavy (non-hydrogen) atoms. The molecule has 0 saturated heterocycles. The average Bonchev–Trinajstić information content (AvgIpc) is 2.19. The standard InChI is InChI=1S/C11H15S.Sn.H/c1-3-4-5-10-6-8-11(12-2)9-7-10;;/h6-9H,1,3-5H2,2H3;;. The van der Waals surface area contributed by atoms with Gasteiger partial charge in [0, 0.05) is 0 Å². The molecule has 2 radical (unpaired) electrons. The van der Waals surface area contributed by atoms with E-state index < -0.39 is 0 Å². The first kappa shape index (κ1) is 11.4. The third-order valence-electron chi connectivity index (χ3n) is 2.08. The van der Waals surface area contributed by atoms with Crippen LogP contribution in [0.15, 0.2) is 29.2 Å². The van der Waals surface area contributed by atoms with Crippen LogP contribution >= 0.6 is 11.8 Å². The number of unbranched alkanes of at least 4 members (excludes halogenated alkanes) is 1. The third-order valence-corrected chi connectivity index (χ3v) is 3.99. The van der Waals surface area contributed by atoms with Crippen molar-refractivity contribution in [2.45, 2.75) is 28.6 Å². The molecule has 1 aromatic rings. The van der Waals surface area contributed by atoms with Crippen LogP contribution in [0.4, 0.5) is 0 Å². The van der Waals surface area contributed by atoms with Gasteiger partial charge in [-0.1, -0.05) is 0 Å². The third kappa shape index (κ3) is 4.41. The van der Waals surface area contributed by atoms with Crippen molar-refractivity contribution in [2.24, 2.45) is 0 Å². The van der Waals surface area contributed by atoms with Crippen LogP contribution in [0.2, 0.25) is 4.44 Å². The Balaban J connectivity index is 2.40. The van der Waals surface area contributed by atoms with Gasteiger partial charge in [0.2, 0.25) is 0 Å². The Bertz CT molecular complexity index is 230. The normalized spacial score (nSPS) is 10.3. The summed E-state index contributed by atoms with van der Waals surface area (Å²) in [5, 5.41) is 0. The molecule has 0 nitrogen and oxygen atoms in total. The van der Waals surface area contributed by atoms with Crippen LogP contribution in [-0.4, -0.2) is 28.8 Å². The van der Waals surface area contributed by atoms with Crippen molar-refractivity contribution >= 4 is 34.3 Å². The number of rotatable bonds is 5. The van der Waals surface area contributed by atoms with Gasteiger partial charge in [-0.25, -0.2) is 0 Å². The Kier molecular flexibility index (Phi) is 5.96. The van der Waals surface area contributed by atoms with E-state index in [9.17, 15) is 0 Å². The van der Waals surface area contributed by atoms with Gasteiger partial charge in [-0.05, 0) is 0 Å². The summed E-state index contributed by atoms with van der Waals surface area (Å²) in [4.78, 5) is 1.37. The van der Waals surface area contributed by atoms with Gasteiger partial charge >= 0.3 is 99.0 Å². The molecule has 0 bridgehead atoms. The Morgan fingerprint density at radius 3 is 2.38 bits per heavy atom. The predicted octanol–water partition coefficient (Wildman–Crippen LogP) is 3.05. The van der Waals surface area contributed by atoms with E-state index >= 15 is 0 Å². The Morgan fingerprint density at radius 1 is 1.15 bits per heavy atom. The number of thioether (sulfide) groups is 1. The fourth-order valence-electron chi connectivity index (χ4n) is 1.27. The molecule has 70 valence electrons. The second-order valence-corrected chi connectivity index (χ2v) is 5.62. The molecule has 0 N–H and O–H groups in total. The first-order valence-electron chi connectivity index (χ1n) is 4.70. The molecule has 1 rings (SSSR count). The van der Waals surface area contributed by atoms with Gasteiger partial charge in [-0.3, -0.25) is 0 Å². The van der Waals surface area contributed by atoms with Crippen molar-refractivity contribution in [1.82, 2.24) is 0 Å². The fraction of sp³-hybridized carbons (Fsp3) is 0.455. The van der Waals surface area contributed by atoms with Crippen LogP contribution in [0, 0.1) is 0 Å². The van der Waals surface area contributed by atoms with Gasteiger partial charge in [0.25, 0.3) is 0 Å². The SMILES string of the molecule is CSc1ccc(CCC[CH2][SnH])cc1. The molecule has 0 heterocycles. The van der Waals surface area contributed by atoms with E-state index in [0.29, 0.717) is 0 Å². The zero-order valence-electron chi connectivity index (χ0n) is 8.12. The minimum atomic E-state index is 1.26. The van der Waals surface area contributed by atoms with E-state index in [1.54, 1.807) is 0 Å². The summed E-state index contributed by atoms with van der Waals surface area (Å²) in [5.41, 5.74) is 1.49. The minimum absolute atomic E-state index is 1.26. The summed E-state index contributed by atoms with van der Waals surface area (Å²) in [6.45, 7) is 0. The van der Waals surface area contributed by atoms with Crippen molar-refractivity contribution in [3.05, 3.63) is 29.8 Å². The van der Waals surface area contributed by atoms with Crippen LogP contribution in [0.5, 0.6) is 0 Å². The van der Waals surface area contributed by atoms with Crippen LogP contribution in [0.1, 0.15) is 18.4 Å². The predicted molar refractivity (Wildman–Crippen MR) is 63.1 cm³/mol. The van der Waals surface area contributed by atoms with Crippen LogP contribution in [0.3, 0.4) is 0 Å². The maximum atomic E-state index is 2.26. The molecular weight excluding hydrogens is 283 g/mol. The molecule has 2 heteroatoms. The number of hydrogen-bond donors (Lipinski definition) is 0. The summed E-state index contributed by atoms with van der Waals surface area (Å²) in [6, 6.07) is 8.97. The molecule has 0 amide bonds. The van der Waals surface area contributed by atoms with E-state index in [-0.39, 0.29) is 0 Å². The van der Waals surface area contributed by atoms with Crippen LogP contribution in [-0.2, 0) is 6.42 Å². The second kappa shape index (κ2) is 6.77. The molecule has 0 aromatic heterocycles. The molecule has 0 atom stereocenters. The van der Waals surface area contributed by atoms with Crippen molar-refractivity contribution < 1.29 is 0 Å². The Morgan fingerprint density at radius 2 is 1.85 bits per heavy atom. The molecule has 0 unspecified atom stereocenters. The molecule has 0 spiro atoms. The van der Waals surface area contributed by atoms with E-state index in [2.05, 4.69) is 30.5 Å². The maximum absolute atomic E-state index is 2.26. The molecule has 0 saturated carbocycles. The molecular formula is C11H16SSn. The monoisotopic (exact) mass is 300 g/mol. The van der Waals surface area contributed by atoms with E-state index in [0.717, 1.165) is 0 Å². The van der Waals surface area contributed by atoms with Gasteiger partial charge in [0.15, 0.2) is 0 Å². The van der Waals surface area contributed by atoms with Gasteiger partial charge in [-0.2, -0.15) is 0 Å². The van der Waals surface area contributed by atoms with Gasteiger partial charge < -0.3 is 0 Å². The summed E-state index contributed by atoms with van der Waals surface area (Å²) in [7, 11) is 0. The fourth-order valence-corrected chi connectivity index (χ4v) is 2.50. The van der Waals surface area contributed by atoms with Crippen molar-refractivity contribution in [1.29, 1.82) is 0 Å². The van der Waals surface area contributed by atoms with Crippen LogP contribution in [0.25, 0.3) is 0 Å². The number of benzene rings is 1. The summed E-state index contributed by atoms with van der Waals surface area (Å²) in [6.07, 6.45) is 6.15. The molecule has 1 aromatic carbocycles. The van der Waals surface area contributed by atoms with Crippen LogP contribution < -0.4 is 0 Å². The second-order valence-electron chi connectivity index (χ2n) is 3.09. The summed E-state index contributed by atoms with van der Waals surface area (Å²) < 4.78 is 1.44. The van der Waals surface area contributed by atoms with Crippen molar-refractivity contribution in [2.75, 3.05) is 6.26 Å². The number of aryl methyl sites for hydroxylation is 1. The topological polar surface area (TPSA) is 0 Å². The quantitative estimate of drug-likeness (QED) is 0.457.